The molecule has 2 rings (SSSR count). The van der Waals surface area contributed by atoms with Crippen molar-refractivity contribution in [2.45, 2.75) is 19.4 Å². The van der Waals surface area contributed by atoms with Gasteiger partial charge in [-0.05, 0) is 13.8 Å². The molecule has 1 N–H and O–H groups in total. The second-order valence-electron chi connectivity index (χ2n) is 4.73. The van der Waals surface area contributed by atoms with Crippen molar-refractivity contribution in [1.29, 1.82) is 0 Å². The zero-order valence-electron chi connectivity index (χ0n) is 9.21. The van der Waals surface area contributed by atoms with Gasteiger partial charge in [0.1, 0.15) is 18.7 Å². The van der Waals surface area contributed by atoms with Gasteiger partial charge in [-0.2, -0.15) is 5.01 Å². The summed E-state index contributed by atoms with van der Waals surface area (Å²) >= 11 is 0. The molecule has 1 unspecified atom stereocenters. The molecule has 0 saturated carbocycles. The topological polar surface area (TPSA) is 26.1 Å². The molecule has 0 amide bonds. The van der Waals surface area contributed by atoms with E-state index in [1.54, 1.807) is 5.01 Å². The summed E-state index contributed by atoms with van der Waals surface area (Å²) in [5.74, 6) is 0. The summed E-state index contributed by atoms with van der Waals surface area (Å²) in [6, 6.07) is 0. The predicted molar refractivity (Wildman–Crippen MR) is 53.1 cm³/mol. The van der Waals surface area contributed by atoms with Crippen molar-refractivity contribution in [2.75, 3.05) is 46.1 Å². The smallest absolute Gasteiger partial charge is 0.133 e. The number of nitrogens with one attached hydrogen (secondary N) is 1. The highest BCUT2D eigenvalue weighted by Crippen LogP contribution is 2.03. The Morgan fingerprint density at radius 1 is 1.07 bits per heavy atom. The molecule has 1 atom stereocenters. The van der Waals surface area contributed by atoms with Crippen LogP contribution >= 0.6 is 0 Å². The van der Waals surface area contributed by atoms with E-state index < -0.39 is 0 Å². The first-order valence-electron chi connectivity index (χ1n) is 5.47. The zero-order chi connectivity index (χ0) is 10.0. The average molecular weight is 201 g/mol. The maximum Gasteiger partial charge on any atom is 0.133 e. The predicted octanol–water partition coefficient (Wildman–Crippen LogP) is -1.07. The van der Waals surface area contributed by atoms with Crippen LogP contribution in [0.1, 0.15) is 13.8 Å². The van der Waals surface area contributed by atoms with E-state index >= 15 is 0 Å². The summed E-state index contributed by atoms with van der Waals surface area (Å²) in [6.45, 7) is 11.2. The Morgan fingerprint density at radius 2 is 1.79 bits per heavy atom. The molecule has 0 radical (unpaired) electrons. The van der Waals surface area contributed by atoms with Gasteiger partial charge in [-0.25, -0.2) is 5.01 Å². The minimum absolute atomic E-state index is 0.218. The summed E-state index contributed by atoms with van der Waals surface area (Å²) in [4.78, 5) is 0. The van der Waals surface area contributed by atoms with Crippen LogP contribution in [0.5, 0.6) is 0 Å². The maximum atomic E-state index is 5.53. The summed E-state index contributed by atoms with van der Waals surface area (Å²) in [5, 5.41) is 4.05. The van der Waals surface area contributed by atoms with E-state index in [2.05, 4.69) is 18.9 Å². The minimum Gasteiger partial charge on any atom is -0.378 e. The average Bonchev–Trinajstić information content (AvgIpc) is 2.18. The Morgan fingerprint density at radius 3 is 2.43 bits per heavy atom. The molecular weight excluding hydrogens is 180 g/mol. The highest BCUT2D eigenvalue weighted by molar-refractivity contribution is 4.68. The number of ether oxygens (including phenoxy) is 2. The Balaban J connectivity index is 1.99. The van der Waals surface area contributed by atoms with Crippen LogP contribution in [0.25, 0.3) is 0 Å². The van der Waals surface area contributed by atoms with E-state index in [1.807, 2.05) is 0 Å². The van der Waals surface area contributed by atoms with Crippen molar-refractivity contribution in [1.82, 2.24) is 5.01 Å². The molecule has 2 aliphatic rings. The molecule has 0 aromatic heterocycles. The van der Waals surface area contributed by atoms with Gasteiger partial charge in [0.2, 0.25) is 0 Å². The van der Waals surface area contributed by atoms with Gasteiger partial charge >= 0.3 is 0 Å². The van der Waals surface area contributed by atoms with Crippen molar-refractivity contribution in [3.63, 3.8) is 0 Å². The van der Waals surface area contributed by atoms with E-state index in [9.17, 15) is 0 Å². The van der Waals surface area contributed by atoms with Gasteiger partial charge in [-0.3, -0.25) is 0 Å². The fraction of sp³-hybridized carbons (Fsp3) is 1.00. The lowest BCUT2D eigenvalue weighted by molar-refractivity contribution is -1.06. The summed E-state index contributed by atoms with van der Waals surface area (Å²) in [7, 11) is 0. The van der Waals surface area contributed by atoms with Crippen molar-refractivity contribution < 1.29 is 14.5 Å². The Labute approximate surface area is 85.7 Å². The lowest BCUT2D eigenvalue weighted by Gasteiger charge is -2.45. The van der Waals surface area contributed by atoms with Crippen LogP contribution in [-0.2, 0) is 9.47 Å². The first kappa shape index (κ1) is 10.4. The summed E-state index contributed by atoms with van der Waals surface area (Å²) in [5.41, 5.74) is 0.218. The van der Waals surface area contributed by atoms with Crippen LogP contribution in [0, 0.1) is 0 Å². The van der Waals surface area contributed by atoms with Crippen LogP contribution in [0.2, 0.25) is 0 Å². The van der Waals surface area contributed by atoms with Crippen LogP contribution < -0.4 is 5.01 Å². The van der Waals surface area contributed by atoms with E-state index in [4.69, 9.17) is 9.47 Å². The van der Waals surface area contributed by atoms with E-state index in [1.165, 1.54) is 0 Å². The fourth-order valence-corrected chi connectivity index (χ4v) is 2.34. The normalized spacial score (nSPS) is 34.3. The van der Waals surface area contributed by atoms with E-state index in [-0.39, 0.29) is 5.54 Å². The molecular formula is C10H21N2O2+. The molecule has 0 aliphatic carbocycles. The molecule has 4 heteroatoms. The van der Waals surface area contributed by atoms with Crippen molar-refractivity contribution in [3.8, 4) is 0 Å². The third-order valence-corrected chi connectivity index (χ3v) is 3.12. The lowest BCUT2D eigenvalue weighted by Crippen LogP contribution is -3.27. The zero-order valence-corrected chi connectivity index (χ0v) is 9.21. The Hall–Kier alpha value is -0.160. The molecule has 0 aromatic rings. The minimum atomic E-state index is 0.218. The Kier molecular flexibility index (Phi) is 3.07. The molecule has 2 fully saturated rings. The molecule has 2 aliphatic heterocycles. The van der Waals surface area contributed by atoms with Gasteiger partial charge in [-0.1, -0.05) is 0 Å². The van der Waals surface area contributed by atoms with Gasteiger partial charge in [0, 0.05) is 0 Å². The second-order valence-corrected chi connectivity index (χ2v) is 4.73. The van der Waals surface area contributed by atoms with Gasteiger partial charge in [0.15, 0.2) is 0 Å². The van der Waals surface area contributed by atoms with Crippen LogP contribution in [-0.4, -0.2) is 56.6 Å². The lowest BCUT2D eigenvalue weighted by atomic mass is 10.0. The monoisotopic (exact) mass is 201 g/mol. The molecule has 0 spiro atoms. The number of hydrogen-bond donors (Lipinski definition) is 1. The summed E-state index contributed by atoms with van der Waals surface area (Å²) < 4.78 is 10.9. The van der Waals surface area contributed by atoms with Crippen LogP contribution in [0.3, 0.4) is 0 Å². The first-order chi connectivity index (χ1) is 6.70. The second kappa shape index (κ2) is 4.14. The SMILES string of the molecule is CC1(C)COCC[NH+]1N1CCOCC1. The number of morpholine rings is 2. The third-order valence-electron chi connectivity index (χ3n) is 3.12. The molecule has 0 bridgehead atoms. The number of rotatable bonds is 1. The number of hydrogen-bond acceptors (Lipinski definition) is 3. The first-order valence-corrected chi connectivity index (χ1v) is 5.47. The van der Waals surface area contributed by atoms with E-state index in [0.29, 0.717) is 0 Å². The summed E-state index contributed by atoms with van der Waals surface area (Å²) in [6.07, 6.45) is 0. The van der Waals surface area contributed by atoms with Gasteiger partial charge < -0.3 is 9.47 Å². The molecule has 14 heavy (non-hydrogen) atoms. The highest BCUT2D eigenvalue weighted by atomic mass is 16.5. The quantitative estimate of drug-likeness (QED) is 0.585. The van der Waals surface area contributed by atoms with Crippen molar-refractivity contribution in [3.05, 3.63) is 0 Å². The fourth-order valence-electron chi connectivity index (χ4n) is 2.34. The maximum absolute atomic E-state index is 5.53. The largest absolute Gasteiger partial charge is 0.378 e. The third kappa shape index (κ3) is 2.08. The standard InChI is InChI=1S/C10H20N2O2/c1-10(2)9-14-8-5-12(10)11-3-6-13-7-4-11/h3-9H2,1-2H3/p+1. The molecule has 82 valence electrons. The molecule has 2 heterocycles. The van der Waals surface area contributed by atoms with Gasteiger partial charge in [0.05, 0.1) is 32.9 Å². The molecule has 4 nitrogen and oxygen atoms in total. The van der Waals surface area contributed by atoms with E-state index in [0.717, 1.165) is 46.1 Å². The van der Waals surface area contributed by atoms with Crippen LogP contribution in [0.4, 0.5) is 0 Å². The van der Waals surface area contributed by atoms with Crippen molar-refractivity contribution >= 4 is 0 Å². The molecule has 2 saturated heterocycles. The van der Waals surface area contributed by atoms with Crippen LogP contribution in [0.15, 0.2) is 0 Å². The van der Waals surface area contributed by atoms with Gasteiger partial charge in [0.25, 0.3) is 0 Å². The highest BCUT2D eigenvalue weighted by Gasteiger charge is 2.39. The molecule has 0 aromatic carbocycles. The number of nitrogens with zero attached hydrogens (tertiary/aromatic N) is 1. The van der Waals surface area contributed by atoms with Crippen molar-refractivity contribution in [2.24, 2.45) is 0 Å². The Bertz CT molecular complexity index is 191. The number of quaternary nitrogens is 1. The van der Waals surface area contributed by atoms with Gasteiger partial charge in [-0.15, -0.1) is 0 Å².